The maximum absolute atomic E-state index is 13.0. The second-order valence-corrected chi connectivity index (χ2v) is 13.3. The van der Waals surface area contributed by atoms with E-state index >= 15 is 0 Å². The summed E-state index contributed by atoms with van der Waals surface area (Å²) in [6.07, 6.45) is 1.18. The number of aromatic nitrogens is 1. The quantitative estimate of drug-likeness (QED) is 0.337. The molecule has 0 radical (unpaired) electrons. The number of carbonyl (C=O) groups is 3. The van der Waals surface area contributed by atoms with Crippen LogP contribution in [0.4, 0.5) is 10.6 Å². The van der Waals surface area contributed by atoms with Crippen LogP contribution in [0.15, 0.2) is 35.4 Å². The van der Waals surface area contributed by atoms with E-state index < -0.39 is 29.3 Å². The van der Waals surface area contributed by atoms with Crippen LogP contribution in [-0.2, 0) is 14.3 Å². The van der Waals surface area contributed by atoms with Gasteiger partial charge in [0.15, 0.2) is 6.10 Å². The monoisotopic (exact) mass is 603 g/mol. The molecule has 2 atom stereocenters. The van der Waals surface area contributed by atoms with E-state index in [-0.39, 0.29) is 17.4 Å². The van der Waals surface area contributed by atoms with Crippen molar-refractivity contribution in [2.45, 2.75) is 81.2 Å². The number of amides is 3. The Labute approximate surface area is 255 Å². The van der Waals surface area contributed by atoms with Gasteiger partial charge >= 0.3 is 6.09 Å². The average Bonchev–Trinajstić information content (AvgIpc) is 3.80. The molecule has 1 aromatic carbocycles. The van der Waals surface area contributed by atoms with Crippen LogP contribution in [-0.4, -0.2) is 48.1 Å². The first-order valence-corrected chi connectivity index (χ1v) is 15.2. The molecule has 2 fully saturated rings. The zero-order valence-corrected chi connectivity index (χ0v) is 25.4. The molecule has 1 saturated carbocycles. The number of nitriles is 2. The van der Waals surface area contributed by atoms with E-state index in [0.29, 0.717) is 65.4 Å². The molecule has 1 aromatic heterocycles. The number of pyridine rings is 1. The zero-order valence-electron chi connectivity index (χ0n) is 24.6. The van der Waals surface area contributed by atoms with Gasteiger partial charge in [-0.1, -0.05) is 62.9 Å². The molecule has 43 heavy (non-hydrogen) atoms. The van der Waals surface area contributed by atoms with E-state index in [1.807, 2.05) is 43.9 Å². The number of thioether (sulfide) groups is 1. The van der Waals surface area contributed by atoms with Crippen molar-refractivity contribution < 1.29 is 19.1 Å². The fourth-order valence-corrected chi connectivity index (χ4v) is 6.37. The van der Waals surface area contributed by atoms with Gasteiger partial charge < -0.3 is 26.4 Å². The second-order valence-electron chi connectivity index (χ2n) is 12.2. The number of nitrogens with one attached hydrogen (secondary N) is 1. The Balaban J connectivity index is 1.58. The minimum atomic E-state index is -0.999. The first-order valence-electron chi connectivity index (χ1n) is 14.3. The van der Waals surface area contributed by atoms with Crippen LogP contribution >= 0.6 is 11.8 Å². The summed E-state index contributed by atoms with van der Waals surface area (Å²) >= 11 is 1.13. The highest BCUT2D eigenvalue weighted by molar-refractivity contribution is 8.00. The van der Waals surface area contributed by atoms with E-state index in [1.54, 1.807) is 12.1 Å². The van der Waals surface area contributed by atoms with Gasteiger partial charge in [-0.25, -0.2) is 9.78 Å². The van der Waals surface area contributed by atoms with Crippen LogP contribution in [0, 0.1) is 28.1 Å². The summed E-state index contributed by atoms with van der Waals surface area (Å²) in [6.45, 7) is 6.82. The summed E-state index contributed by atoms with van der Waals surface area (Å²) in [5, 5.41) is 23.0. The molecule has 1 saturated heterocycles. The lowest BCUT2D eigenvalue weighted by molar-refractivity contribution is -0.131. The van der Waals surface area contributed by atoms with Crippen molar-refractivity contribution in [1.82, 2.24) is 10.3 Å². The summed E-state index contributed by atoms with van der Waals surface area (Å²) in [5.41, 5.74) is 12.8. The lowest BCUT2D eigenvalue weighted by Crippen LogP contribution is -2.49. The predicted octanol–water partition coefficient (Wildman–Crippen LogP) is 4.01. The van der Waals surface area contributed by atoms with Crippen LogP contribution in [0.1, 0.15) is 86.3 Å². The summed E-state index contributed by atoms with van der Waals surface area (Å²) in [4.78, 5) is 43.8. The molecule has 0 bridgehead atoms. The molecule has 2 aromatic rings. The van der Waals surface area contributed by atoms with Crippen LogP contribution in [0.25, 0.3) is 0 Å². The molecule has 1 unspecified atom stereocenters. The molecule has 2 aliphatic rings. The van der Waals surface area contributed by atoms with Gasteiger partial charge in [-0.15, -0.1) is 0 Å². The van der Waals surface area contributed by atoms with Crippen LogP contribution in [0.5, 0.6) is 0 Å². The smallest absolute Gasteiger partial charge is 0.405 e. The van der Waals surface area contributed by atoms with Gasteiger partial charge in [0.05, 0.1) is 11.1 Å². The first-order chi connectivity index (χ1) is 20.4. The number of primary amides is 2. The van der Waals surface area contributed by atoms with E-state index in [1.165, 1.54) is 0 Å². The standard InChI is InChI=1S/C31H37N7O4S/c1-31(2,3)15-23(42-30(35)41)28(40)36-20-11-13-38(14-12-20)27-21(16-32)24(18-9-10-18)22(17-33)29(37-27)43-25(26(34)39)19-7-5-4-6-8-19/h4-8,18,20,23,25H,9-15H2,1-3H3,(H2,34,39)(H2,35,41)(H,36,40)/t23-,25?/m1/s1. The predicted molar refractivity (Wildman–Crippen MR) is 162 cm³/mol. The molecular formula is C31H37N7O4S. The SMILES string of the molecule is CC(C)(C)C[C@@H](OC(N)=O)C(=O)NC1CCN(c2nc(SC(C(N)=O)c3ccccc3)c(C#N)c(C3CC3)c2C#N)CC1. The third kappa shape index (κ3) is 7.96. The molecule has 12 heteroatoms. The molecule has 11 nitrogen and oxygen atoms in total. The van der Waals surface area contributed by atoms with Gasteiger partial charge in [0.25, 0.3) is 5.91 Å². The Morgan fingerprint density at radius 2 is 1.70 bits per heavy atom. The van der Waals surface area contributed by atoms with Crippen molar-refractivity contribution >= 4 is 35.5 Å². The minimum Gasteiger partial charge on any atom is -0.436 e. The molecule has 0 spiro atoms. The maximum atomic E-state index is 13.0. The number of rotatable bonds is 10. The number of anilines is 1. The van der Waals surface area contributed by atoms with Crippen molar-refractivity contribution in [3.63, 3.8) is 0 Å². The van der Waals surface area contributed by atoms with Gasteiger partial charge in [0.2, 0.25) is 5.91 Å². The lowest BCUT2D eigenvalue weighted by Gasteiger charge is -2.35. The second kappa shape index (κ2) is 13.3. The number of piperidine rings is 1. The molecule has 2 heterocycles. The lowest BCUT2D eigenvalue weighted by atomic mass is 9.88. The Morgan fingerprint density at radius 1 is 1.07 bits per heavy atom. The van der Waals surface area contributed by atoms with Crippen molar-refractivity contribution in [2.75, 3.05) is 18.0 Å². The number of hydrogen-bond acceptors (Lipinski definition) is 9. The third-order valence-corrected chi connectivity index (χ3v) is 8.73. The van der Waals surface area contributed by atoms with Crippen LogP contribution in [0.3, 0.4) is 0 Å². The molecular weight excluding hydrogens is 566 g/mol. The number of hydrogen-bond donors (Lipinski definition) is 3. The summed E-state index contributed by atoms with van der Waals surface area (Å²) in [6, 6.07) is 13.5. The van der Waals surface area contributed by atoms with E-state index in [0.717, 1.165) is 24.6 Å². The van der Waals surface area contributed by atoms with E-state index in [4.69, 9.17) is 21.2 Å². The van der Waals surface area contributed by atoms with Gasteiger partial charge in [-0.3, -0.25) is 9.59 Å². The highest BCUT2D eigenvalue weighted by Gasteiger charge is 2.36. The normalized spacial score (nSPS) is 16.8. The Morgan fingerprint density at radius 3 is 2.21 bits per heavy atom. The molecule has 4 rings (SSSR count). The summed E-state index contributed by atoms with van der Waals surface area (Å²) in [5.74, 6) is -0.400. The Bertz CT molecular complexity index is 1450. The summed E-state index contributed by atoms with van der Waals surface area (Å²) < 4.78 is 5.12. The largest absolute Gasteiger partial charge is 0.436 e. The van der Waals surface area contributed by atoms with Crippen molar-refractivity contribution in [1.29, 1.82) is 10.5 Å². The number of carbonyl (C=O) groups excluding carboxylic acids is 3. The van der Waals surface area contributed by atoms with Crippen molar-refractivity contribution in [2.24, 2.45) is 16.9 Å². The van der Waals surface area contributed by atoms with Crippen LogP contribution in [0.2, 0.25) is 0 Å². The molecule has 1 aliphatic heterocycles. The molecule has 3 amide bonds. The fraction of sp³-hybridized carbons (Fsp3) is 0.484. The number of nitrogens with two attached hydrogens (primary N) is 2. The fourth-order valence-electron chi connectivity index (χ4n) is 5.33. The number of benzene rings is 1. The molecule has 1 aliphatic carbocycles. The van der Waals surface area contributed by atoms with Gasteiger partial charge in [0, 0.05) is 19.1 Å². The first kappa shape index (κ1) is 31.6. The van der Waals surface area contributed by atoms with Crippen LogP contribution < -0.4 is 21.7 Å². The number of nitrogens with zero attached hydrogens (tertiary/aromatic N) is 4. The Hall–Kier alpha value is -4.29. The third-order valence-electron chi connectivity index (χ3n) is 7.47. The van der Waals surface area contributed by atoms with Gasteiger partial charge in [-0.2, -0.15) is 10.5 Å². The maximum Gasteiger partial charge on any atom is 0.405 e. The van der Waals surface area contributed by atoms with Crippen molar-refractivity contribution in [3.05, 3.63) is 52.6 Å². The molecule has 5 N–H and O–H groups in total. The zero-order chi connectivity index (χ0) is 31.3. The molecule has 226 valence electrons. The topological polar surface area (TPSA) is 188 Å². The van der Waals surface area contributed by atoms with E-state index in [9.17, 15) is 24.9 Å². The highest BCUT2D eigenvalue weighted by Crippen LogP contribution is 2.48. The number of ether oxygens (including phenoxy) is 1. The van der Waals surface area contributed by atoms with Crippen molar-refractivity contribution in [3.8, 4) is 12.1 Å². The average molecular weight is 604 g/mol. The van der Waals surface area contributed by atoms with Gasteiger partial charge in [0.1, 0.15) is 28.2 Å². The van der Waals surface area contributed by atoms with Gasteiger partial charge in [-0.05, 0) is 54.6 Å². The van der Waals surface area contributed by atoms with E-state index in [2.05, 4.69) is 17.5 Å². The minimum absolute atomic E-state index is 0.0796. The Kier molecular flexibility index (Phi) is 9.82. The summed E-state index contributed by atoms with van der Waals surface area (Å²) in [7, 11) is 0. The highest BCUT2D eigenvalue weighted by atomic mass is 32.2.